The van der Waals surface area contributed by atoms with Crippen LogP contribution in [0.15, 0.2) is 35.2 Å². The van der Waals surface area contributed by atoms with Crippen LogP contribution in [0, 0.1) is 0 Å². The summed E-state index contributed by atoms with van der Waals surface area (Å²) in [6, 6.07) is 4.45. The zero-order valence-electron chi connectivity index (χ0n) is 12.4. The van der Waals surface area contributed by atoms with Crippen LogP contribution in [0.4, 0.5) is 0 Å². The Balaban J connectivity index is 0.00000220. The molecule has 0 radical (unpaired) electrons. The lowest BCUT2D eigenvalue weighted by atomic mass is 10.2. The summed E-state index contributed by atoms with van der Waals surface area (Å²) >= 11 is 1.75. The summed E-state index contributed by atoms with van der Waals surface area (Å²) in [5, 5.41) is 8.77. The monoisotopic (exact) mass is 421 g/mol. The van der Waals surface area contributed by atoms with Crippen molar-refractivity contribution >= 4 is 41.3 Å². The molecule has 21 heavy (non-hydrogen) atoms. The van der Waals surface area contributed by atoms with Gasteiger partial charge in [0.2, 0.25) is 0 Å². The fraction of sp³-hybridized carbons (Fsp3) is 0.533. The molecule has 1 aromatic heterocycles. The van der Waals surface area contributed by atoms with Gasteiger partial charge in [0.25, 0.3) is 0 Å². The van der Waals surface area contributed by atoms with Crippen LogP contribution >= 0.6 is 35.3 Å². The minimum atomic E-state index is 0. The third-order valence-electron chi connectivity index (χ3n) is 3.21. The molecule has 1 aliphatic heterocycles. The average molecular weight is 421 g/mol. The second kappa shape index (κ2) is 10.2. The maximum atomic E-state index is 5.60. The van der Waals surface area contributed by atoms with Crippen LogP contribution in [0.3, 0.4) is 0 Å². The maximum absolute atomic E-state index is 5.60. The molecule has 1 aliphatic rings. The predicted molar refractivity (Wildman–Crippen MR) is 101 cm³/mol. The molecule has 2 unspecified atom stereocenters. The van der Waals surface area contributed by atoms with Gasteiger partial charge < -0.3 is 15.4 Å². The van der Waals surface area contributed by atoms with Gasteiger partial charge >= 0.3 is 0 Å². The molecule has 0 saturated carbocycles. The molecule has 2 N–H and O–H groups in total. The van der Waals surface area contributed by atoms with E-state index in [4.69, 9.17) is 4.74 Å². The van der Waals surface area contributed by atoms with Gasteiger partial charge in [-0.25, -0.2) is 0 Å². The number of ether oxygens (including phenoxy) is 1. The van der Waals surface area contributed by atoms with Gasteiger partial charge in [-0.05, 0) is 31.2 Å². The summed E-state index contributed by atoms with van der Waals surface area (Å²) in [4.78, 5) is 5.92. The van der Waals surface area contributed by atoms with Crippen LogP contribution in [0.1, 0.15) is 30.7 Å². The molecule has 1 saturated heterocycles. The van der Waals surface area contributed by atoms with Crippen LogP contribution in [0.5, 0.6) is 0 Å². The average Bonchev–Trinajstić information content (AvgIpc) is 3.13. The first-order valence-corrected chi connectivity index (χ1v) is 7.98. The van der Waals surface area contributed by atoms with Gasteiger partial charge in [-0.1, -0.05) is 12.1 Å². The van der Waals surface area contributed by atoms with Crippen LogP contribution < -0.4 is 10.6 Å². The highest BCUT2D eigenvalue weighted by atomic mass is 127. The summed E-state index contributed by atoms with van der Waals surface area (Å²) in [7, 11) is 0. The fourth-order valence-corrected chi connectivity index (χ4v) is 2.85. The van der Waals surface area contributed by atoms with E-state index >= 15 is 0 Å². The van der Waals surface area contributed by atoms with Crippen molar-refractivity contribution in [2.45, 2.75) is 31.9 Å². The molecule has 0 aliphatic carbocycles. The van der Waals surface area contributed by atoms with Gasteiger partial charge in [0.05, 0.1) is 18.7 Å². The second-order valence-electron chi connectivity index (χ2n) is 4.88. The van der Waals surface area contributed by atoms with Gasteiger partial charge in [-0.3, -0.25) is 4.99 Å². The SMILES string of the molecule is C=CCNC(=NCC1CCCO1)NC(C)c1cccs1.I. The van der Waals surface area contributed by atoms with E-state index in [0.29, 0.717) is 13.1 Å². The van der Waals surface area contributed by atoms with Gasteiger partial charge in [0.15, 0.2) is 5.96 Å². The van der Waals surface area contributed by atoms with Gasteiger partial charge in [0.1, 0.15) is 0 Å². The molecule has 0 bridgehead atoms. The topological polar surface area (TPSA) is 45.7 Å². The number of aliphatic imine (C=N–C) groups is 1. The molecule has 1 fully saturated rings. The first kappa shape index (κ1) is 18.4. The molecule has 2 rings (SSSR count). The Morgan fingerprint density at radius 2 is 2.52 bits per heavy atom. The zero-order chi connectivity index (χ0) is 14.2. The van der Waals surface area contributed by atoms with Gasteiger partial charge in [0, 0.05) is 18.0 Å². The van der Waals surface area contributed by atoms with Crippen molar-refractivity contribution in [1.29, 1.82) is 0 Å². The fourth-order valence-electron chi connectivity index (χ4n) is 2.12. The lowest BCUT2D eigenvalue weighted by molar-refractivity contribution is 0.117. The number of hydrogen-bond donors (Lipinski definition) is 2. The molecule has 0 amide bonds. The molecule has 118 valence electrons. The lowest BCUT2D eigenvalue weighted by Crippen LogP contribution is -2.39. The standard InChI is InChI=1S/C15H23N3OS.HI/c1-3-8-16-15(17-11-13-6-4-9-19-13)18-12(2)14-7-5-10-20-14;/h3,5,7,10,12-13H,1,4,6,8-9,11H2,2H3,(H2,16,17,18);1H. The zero-order valence-corrected chi connectivity index (χ0v) is 15.5. The van der Waals surface area contributed by atoms with E-state index in [2.05, 4.69) is 46.6 Å². The number of hydrogen-bond acceptors (Lipinski definition) is 3. The van der Waals surface area contributed by atoms with Crippen LogP contribution in [-0.2, 0) is 4.74 Å². The summed E-state index contributed by atoms with van der Waals surface area (Å²) < 4.78 is 5.60. The normalized spacial score (nSPS) is 19.7. The van der Waals surface area contributed by atoms with E-state index in [1.54, 1.807) is 11.3 Å². The third kappa shape index (κ3) is 6.36. The van der Waals surface area contributed by atoms with Crippen molar-refractivity contribution in [3.63, 3.8) is 0 Å². The van der Waals surface area contributed by atoms with Gasteiger partial charge in [-0.15, -0.1) is 41.9 Å². The van der Waals surface area contributed by atoms with Crippen molar-refractivity contribution < 1.29 is 4.74 Å². The highest BCUT2D eigenvalue weighted by Crippen LogP contribution is 2.18. The van der Waals surface area contributed by atoms with E-state index in [9.17, 15) is 0 Å². The number of nitrogens with zero attached hydrogens (tertiary/aromatic N) is 1. The Morgan fingerprint density at radius 3 is 3.14 bits per heavy atom. The largest absolute Gasteiger partial charge is 0.376 e. The lowest BCUT2D eigenvalue weighted by Gasteiger charge is -2.17. The van der Waals surface area contributed by atoms with E-state index in [1.165, 1.54) is 4.88 Å². The quantitative estimate of drug-likeness (QED) is 0.321. The Morgan fingerprint density at radius 1 is 1.67 bits per heavy atom. The minimum Gasteiger partial charge on any atom is -0.376 e. The first-order chi connectivity index (χ1) is 9.79. The maximum Gasteiger partial charge on any atom is 0.192 e. The number of halogens is 1. The van der Waals surface area contributed by atoms with Crippen molar-refractivity contribution in [2.24, 2.45) is 4.99 Å². The van der Waals surface area contributed by atoms with E-state index in [0.717, 1.165) is 25.4 Å². The highest BCUT2D eigenvalue weighted by Gasteiger charge is 2.15. The molecule has 4 nitrogen and oxygen atoms in total. The van der Waals surface area contributed by atoms with Crippen molar-refractivity contribution in [2.75, 3.05) is 19.7 Å². The Hall–Kier alpha value is -0.600. The summed E-state index contributed by atoms with van der Waals surface area (Å²) in [6.07, 6.45) is 4.36. The molecule has 0 spiro atoms. The number of nitrogens with one attached hydrogen (secondary N) is 2. The van der Waals surface area contributed by atoms with Crippen molar-refractivity contribution in [3.05, 3.63) is 35.0 Å². The van der Waals surface area contributed by atoms with Crippen LogP contribution in [-0.4, -0.2) is 31.8 Å². The molecule has 1 aromatic rings. The molecular formula is C15H24IN3OS. The van der Waals surface area contributed by atoms with E-state index in [-0.39, 0.29) is 36.1 Å². The van der Waals surface area contributed by atoms with Gasteiger partial charge in [-0.2, -0.15) is 0 Å². The number of guanidine groups is 1. The Bertz CT molecular complexity index is 430. The van der Waals surface area contributed by atoms with Crippen molar-refractivity contribution in [3.8, 4) is 0 Å². The molecule has 2 heterocycles. The molecule has 2 atom stereocenters. The third-order valence-corrected chi connectivity index (χ3v) is 4.27. The van der Waals surface area contributed by atoms with E-state index < -0.39 is 0 Å². The second-order valence-corrected chi connectivity index (χ2v) is 5.85. The number of thiophene rings is 1. The van der Waals surface area contributed by atoms with Crippen molar-refractivity contribution in [1.82, 2.24) is 10.6 Å². The van der Waals surface area contributed by atoms with Crippen LogP contribution in [0.25, 0.3) is 0 Å². The molecule has 0 aromatic carbocycles. The molecule has 6 heteroatoms. The predicted octanol–water partition coefficient (Wildman–Crippen LogP) is 3.33. The minimum absolute atomic E-state index is 0. The smallest absolute Gasteiger partial charge is 0.192 e. The summed E-state index contributed by atoms with van der Waals surface area (Å²) in [5.74, 6) is 0.821. The van der Waals surface area contributed by atoms with Crippen LogP contribution in [0.2, 0.25) is 0 Å². The first-order valence-electron chi connectivity index (χ1n) is 7.10. The Labute approximate surface area is 148 Å². The summed E-state index contributed by atoms with van der Waals surface area (Å²) in [5.41, 5.74) is 0. The summed E-state index contributed by atoms with van der Waals surface area (Å²) in [6.45, 7) is 8.16. The van der Waals surface area contributed by atoms with E-state index in [1.807, 2.05) is 6.08 Å². The molecular weight excluding hydrogens is 397 g/mol. The highest BCUT2D eigenvalue weighted by molar-refractivity contribution is 14.0. The Kier molecular flexibility index (Phi) is 8.94. The number of rotatable bonds is 6.